The molecule has 2 aromatic carbocycles. The molecule has 5 heteroatoms. The summed E-state index contributed by atoms with van der Waals surface area (Å²) in [5.74, 6) is -0.245. The first-order chi connectivity index (χ1) is 12.5. The lowest BCUT2D eigenvalue weighted by Gasteiger charge is -2.07. The number of fused-ring (bicyclic) bond motifs is 1. The average Bonchev–Trinajstić information content (AvgIpc) is 2.87. The summed E-state index contributed by atoms with van der Waals surface area (Å²) in [4.78, 5) is 23.4. The molecule has 3 aromatic rings. The van der Waals surface area contributed by atoms with Crippen molar-refractivity contribution in [2.24, 2.45) is 7.05 Å². The van der Waals surface area contributed by atoms with Gasteiger partial charge < -0.3 is 15.2 Å². The second-order valence-electron chi connectivity index (χ2n) is 6.40. The number of benzene rings is 2. The molecule has 134 valence electrons. The summed E-state index contributed by atoms with van der Waals surface area (Å²) in [7, 11) is 2.07. The van der Waals surface area contributed by atoms with Crippen LogP contribution in [-0.4, -0.2) is 22.9 Å². The van der Waals surface area contributed by atoms with Gasteiger partial charge in [-0.05, 0) is 49.2 Å². The predicted molar refractivity (Wildman–Crippen MR) is 104 cm³/mol. The molecule has 2 N–H and O–H groups in total. The molecule has 5 nitrogen and oxygen atoms in total. The van der Waals surface area contributed by atoms with Crippen LogP contribution in [0.15, 0.2) is 48.5 Å². The molecule has 0 spiro atoms. The molecule has 1 aromatic heterocycles. The lowest BCUT2D eigenvalue weighted by Crippen LogP contribution is -2.25. The van der Waals surface area contributed by atoms with Crippen molar-refractivity contribution in [1.82, 2.24) is 9.88 Å². The average molecular weight is 349 g/mol. The van der Waals surface area contributed by atoms with E-state index in [4.69, 9.17) is 0 Å². The molecule has 0 fully saturated rings. The molecule has 26 heavy (non-hydrogen) atoms. The summed E-state index contributed by atoms with van der Waals surface area (Å²) >= 11 is 0. The maximum atomic E-state index is 12.3. The number of nitrogens with zero attached hydrogens (tertiary/aromatic N) is 1. The molecule has 2 amide bonds. The first-order valence-corrected chi connectivity index (χ1v) is 8.66. The van der Waals surface area contributed by atoms with Crippen LogP contribution in [0, 0.1) is 6.92 Å². The fourth-order valence-corrected chi connectivity index (χ4v) is 3.23. The van der Waals surface area contributed by atoms with Gasteiger partial charge in [0.1, 0.15) is 0 Å². The zero-order valence-electron chi connectivity index (χ0n) is 15.3. The second-order valence-corrected chi connectivity index (χ2v) is 6.40. The third kappa shape index (κ3) is 3.61. The highest BCUT2D eigenvalue weighted by atomic mass is 16.2. The number of rotatable bonds is 5. The second kappa shape index (κ2) is 7.44. The van der Waals surface area contributed by atoms with E-state index in [1.165, 1.54) is 29.1 Å². The van der Waals surface area contributed by atoms with Crippen LogP contribution >= 0.6 is 0 Å². The van der Waals surface area contributed by atoms with Gasteiger partial charge in [0.25, 0.3) is 5.91 Å². The Labute approximate surface area is 153 Å². The van der Waals surface area contributed by atoms with Crippen LogP contribution in [0.5, 0.6) is 0 Å². The van der Waals surface area contributed by atoms with Crippen LogP contribution in [0.25, 0.3) is 10.9 Å². The highest BCUT2D eigenvalue weighted by Crippen LogP contribution is 2.24. The normalized spacial score (nSPS) is 10.7. The predicted octanol–water partition coefficient (Wildman–Crippen LogP) is 3.42. The van der Waals surface area contributed by atoms with Crippen LogP contribution < -0.4 is 10.6 Å². The number of para-hydroxylation sites is 1. The largest absolute Gasteiger partial charge is 0.352 e. The quantitative estimate of drug-likeness (QED) is 0.741. The summed E-state index contributed by atoms with van der Waals surface area (Å²) in [6.07, 6.45) is 0.781. The number of anilines is 1. The highest BCUT2D eigenvalue weighted by Gasteiger charge is 2.12. The number of carbonyl (C=O) groups is 2. The molecule has 1 heterocycles. The minimum atomic E-state index is -0.132. The number of aromatic nitrogens is 1. The minimum absolute atomic E-state index is 0.114. The molecule has 0 aliphatic carbocycles. The Balaban J connectivity index is 1.64. The molecule has 0 radical (unpaired) electrons. The van der Waals surface area contributed by atoms with Crippen molar-refractivity contribution in [2.75, 3.05) is 11.9 Å². The number of aryl methyl sites for hydroxylation is 1. The summed E-state index contributed by atoms with van der Waals surface area (Å²) in [6.45, 7) is 4.13. The third-order valence-electron chi connectivity index (χ3n) is 4.66. The summed E-state index contributed by atoms with van der Waals surface area (Å²) in [5.41, 5.74) is 4.96. The number of hydrogen-bond donors (Lipinski definition) is 2. The molecule has 0 saturated carbocycles. The van der Waals surface area contributed by atoms with Gasteiger partial charge in [-0.1, -0.05) is 18.2 Å². The zero-order chi connectivity index (χ0) is 18.7. The van der Waals surface area contributed by atoms with Crippen LogP contribution in [0.1, 0.15) is 28.5 Å². The van der Waals surface area contributed by atoms with Gasteiger partial charge in [-0.15, -0.1) is 0 Å². The van der Waals surface area contributed by atoms with Crippen LogP contribution in [0.4, 0.5) is 5.69 Å². The maximum absolute atomic E-state index is 12.3. The molecule has 0 bridgehead atoms. The van der Waals surface area contributed by atoms with Crippen molar-refractivity contribution in [2.45, 2.75) is 20.3 Å². The third-order valence-corrected chi connectivity index (χ3v) is 4.66. The van der Waals surface area contributed by atoms with E-state index >= 15 is 0 Å². The lowest BCUT2D eigenvalue weighted by molar-refractivity contribution is -0.114. The van der Waals surface area contributed by atoms with Gasteiger partial charge in [0.2, 0.25) is 5.91 Å². The smallest absolute Gasteiger partial charge is 0.251 e. The zero-order valence-corrected chi connectivity index (χ0v) is 15.3. The van der Waals surface area contributed by atoms with E-state index in [0.29, 0.717) is 17.8 Å². The van der Waals surface area contributed by atoms with Crippen molar-refractivity contribution in [1.29, 1.82) is 0 Å². The summed E-state index contributed by atoms with van der Waals surface area (Å²) in [6, 6.07) is 15.2. The summed E-state index contributed by atoms with van der Waals surface area (Å²) < 4.78 is 2.19. The Hall–Kier alpha value is -3.08. The van der Waals surface area contributed by atoms with E-state index in [9.17, 15) is 9.59 Å². The minimum Gasteiger partial charge on any atom is -0.352 e. The van der Waals surface area contributed by atoms with Crippen molar-refractivity contribution in [3.63, 3.8) is 0 Å². The van der Waals surface area contributed by atoms with E-state index in [1.807, 2.05) is 12.1 Å². The SMILES string of the molecule is CC(=O)Nc1ccc(C(=O)NCCc2c(C)n(C)c3ccccc23)cc1. The molecule has 0 aliphatic rings. The van der Waals surface area contributed by atoms with Gasteiger partial charge in [-0.25, -0.2) is 0 Å². The fourth-order valence-electron chi connectivity index (χ4n) is 3.23. The van der Waals surface area contributed by atoms with Gasteiger partial charge in [0.15, 0.2) is 0 Å². The number of amides is 2. The maximum Gasteiger partial charge on any atom is 0.251 e. The van der Waals surface area contributed by atoms with Gasteiger partial charge in [0, 0.05) is 48.4 Å². The molecule has 0 unspecified atom stereocenters. The fraction of sp³-hybridized carbons (Fsp3) is 0.238. The first-order valence-electron chi connectivity index (χ1n) is 8.66. The molecule has 0 atom stereocenters. The Morgan fingerprint density at radius 1 is 1.04 bits per heavy atom. The van der Waals surface area contributed by atoms with Crippen LogP contribution in [0.3, 0.4) is 0 Å². The van der Waals surface area contributed by atoms with Crippen LogP contribution in [0.2, 0.25) is 0 Å². The topological polar surface area (TPSA) is 63.1 Å². The van der Waals surface area contributed by atoms with E-state index in [-0.39, 0.29) is 11.8 Å². The van der Waals surface area contributed by atoms with Crippen LogP contribution in [-0.2, 0) is 18.3 Å². The standard InChI is InChI=1S/C21H23N3O2/c1-14-18(19-6-4-5-7-20(19)24(14)3)12-13-22-21(26)16-8-10-17(11-9-16)23-15(2)25/h4-11H,12-13H2,1-3H3,(H,22,26)(H,23,25). The molecular formula is C21H23N3O2. The highest BCUT2D eigenvalue weighted by molar-refractivity contribution is 5.95. The van der Waals surface area contributed by atoms with Gasteiger partial charge in [0.05, 0.1) is 0 Å². The molecule has 0 saturated heterocycles. The van der Waals surface area contributed by atoms with Crippen molar-refractivity contribution in [3.05, 3.63) is 65.4 Å². The van der Waals surface area contributed by atoms with E-state index in [2.05, 4.69) is 41.3 Å². The van der Waals surface area contributed by atoms with Crippen molar-refractivity contribution in [3.8, 4) is 0 Å². The van der Waals surface area contributed by atoms with Gasteiger partial charge in [-0.2, -0.15) is 0 Å². The Bertz CT molecular complexity index is 955. The van der Waals surface area contributed by atoms with Crippen molar-refractivity contribution < 1.29 is 9.59 Å². The Morgan fingerprint density at radius 3 is 2.42 bits per heavy atom. The van der Waals surface area contributed by atoms with E-state index in [1.54, 1.807) is 24.3 Å². The lowest BCUT2D eigenvalue weighted by atomic mass is 10.1. The molecule has 0 aliphatic heterocycles. The van der Waals surface area contributed by atoms with Crippen molar-refractivity contribution >= 4 is 28.4 Å². The first kappa shape index (κ1) is 17.7. The van der Waals surface area contributed by atoms with E-state index < -0.39 is 0 Å². The monoisotopic (exact) mass is 349 g/mol. The van der Waals surface area contributed by atoms with Gasteiger partial charge >= 0.3 is 0 Å². The number of carbonyl (C=O) groups excluding carboxylic acids is 2. The Morgan fingerprint density at radius 2 is 1.73 bits per heavy atom. The molecular weight excluding hydrogens is 326 g/mol. The number of nitrogens with one attached hydrogen (secondary N) is 2. The van der Waals surface area contributed by atoms with Gasteiger partial charge in [-0.3, -0.25) is 9.59 Å². The molecule has 3 rings (SSSR count). The number of hydrogen-bond acceptors (Lipinski definition) is 2. The summed E-state index contributed by atoms with van der Waals surface area (Å²) in [5, 5.41) is 6.90. The Kier molecular flexibility index (Phi) is 5.07. The van der Waals surface area contributed by atoms with E-state index in [0.717, 1.165) is 6.42 Å².